The van der Waals surface area contributed by atoms with E-state index in [0.29, 0.717) is 31.4 Å². The van der Waals surface area contributed by atoms with E-state index < -0.39 is 53.5 Å². The lowest BCUT2D eigenvalue weighted by atomic mass is 9.85. The average molecular weight is 935 g/mol. The standard InChI is InChI=1S/C50H62N8O8S/c1-28(31-13-15-33(16-14-31)44-29(2)53-27-67-44)54-46(62)39-24-36(59)25-57(39)49(65)45(50(3,4)5)56-42(61)21-12-30-8-6-11-37(22-30)66-26-35(18-20-41(52)60)55-47(63)40-23-34-10-7-9-32-17-19-38(51)48(64)58(40)43(32)34/h6-11,13-16,22,27-28,35-36,38-40,45,59H,12,17-21,23-26,51H2,1-5H3,(H2,52,60)(H,54,62)(H,55,63)(H,56,61)/t28-,35-,36+,38-,39-,40-,45+/m0/s1. The van der Waals surface area contributed by atoms with Crippen LogP contribution in [0, 0.1) is 12.3 Å². The monoisotopic (exact) mass is 934 g/mol. The van der Waals surface area contributed by atoms with Crippen LogP contribution < -0.4 is 37.1 Å². The molecule has 4 heterocycles. The van der Waals surface area contributed by atoms with Crippen LogP contribution in [0.25, 0.3) is 10.4 Å². The third-order valence-corrected chi connectivity index (χ3v) is 13.9. The number of nitrogens with zero attached hydrogens (tertiary/aromatic N) is 3. The molecule has 7 rings (SSSR count). The van der Waals surface area contributed by atoms with Crippen LogP contribution in [0.1, 0.15) is 93.8 Å². The van der Waals surface area contributed by atoms with Crippen molar-refractivity contribution in [2.45, 2.75) is 128 Å². The first-order chi connectivity index (χ1) is 31.9. The van der Waals surface area contributed by atoms with Crippen LogP contribution in [-0.4, -0.2) is 99.9 Å². The number of para-hydroxylation sites is 1. The molecule has 0 radical (unpaired) electrons. The molecule has 8 N–H and O–H groups in total. The fourth-order valence-electron chi connectivity index (χ4n) is 9.17. The van der Waals surface area contributed by atoms with Gasteiger partial charge in [-0.1, -0.05) is 75.4 Å². The zero-order valence-electron chi connectivity index (χ0n) is 38.8. The van der Waals surface area contributed by atoms with Crippen LogP contribution in [0.2, 0.25) is 0 Å². The van der Waals surface area contributed by atoms with Gasteiger partial charge in [0.15, 0.2) is 0 Å². The molecule has 0 bridgehead atoms. The summed E-state index contributed by atoms with van der Waals surface area (Å²) in [5.74, 6) is -1.96. The molecule has 0 spiro atoms. The van der Waals surface area contributed by atoms with Crippen LogP contribution in [-0.2, 0) is 48.0 Å². The molecule has 1 aromatic heterocycles. The number of hydrogen-bond acceptors (Lipinski definition) is 11. The second-order valence-corrected chi connectivity index (χ2v) is 19.9. The van der Waals surface area contributed by atoms with E-state index in [4.69, 9.17) is 16.2 Å². The maximum Gasteiger partial charge on any atom is 0.246 e. The number of aliphatic hydroxyl groups is 1. The van der Waals surface area contributed by atoms with Crippen molar-refractivity contribution in [3.63, 3.8) is 0 Å². The zero-order valence-corrected chi connectivity index (χ0v) is 39.6. The fourth-order valence-corrected chi connectivity index (χ4v) is 9.98. The number of aliphatic hydroxyl groups excluding tert-OH is 1. The Morgan fingerprint density at radius 1 is 0.955 bits per heavy atom. The van der Waals surface area contributed by atoms with E-state index >= 15 is 0 Å². The Labute approximate surface area is 395 Å². The Bertz CT molecular complexity index is 2490. The summed E-state index contributed by atoms with van der Waals surface area (Å²) in [5, 5.41) is 19.7. The number of β-amino-alcohol motifs (C(OH)–C–C–N with tert-alkyl or cyclic N) is 1. The van der Waals surface area contributed by atoms with Crippen molar-refractivity contribution in [1.29, 1.82) is 0 Å². The van der Waals surface area contributed by atoms with Crippen molar-refractivity contribution in [2.75, 3.05) is 18.1 Å². The van der Waals surface area contributed by atoms with Gasteiger partial charge in [-0.15, -0.1) is 11.3 Å². The molecule has 3 aliphatic rings. The SMILES string of the molecule is Cc1ncsc1-c1ccc([C@H](C)NC(=O)[C@@H]2C[C@@H](O)CN2C(=O)[C@@H](NC(=O)CCc2cccc(OC[C@H](CCC(N)=O)NC(=O)[C@@H]3Cc4cccc5c4N3C(=O)[C@@H](N)CC5)c2)C(C)(C)C)cc1. The lowest BCUT2D eigenvalue weighted by molar-refractivity contribution is -0.144. The highest BCUT2D eigenvalue weighted by molar-refractivity contribution is 7.13. The number of amides is 6. The average Bonchev–Trinajstić information content (AvgIpc) is 4.01. The van der Waals surface area contributed by atoms with Crippen LogP contribution in [0.3, 0.4) is 0 Å². The number of aromatic nitrogens is 1. The first-order valence-corrected chi connectivity index (χ1v) is 23.8. The number of primary amides is 1. The molecule has 356 valence electrons. The third-order valence-electron chi connectivity index (χ3n) is 12.9. The van der Waals surface area contributed by atoms with Gasteiger partial charge in [-0.3, -0.25) is 33.7 Å². The number of ether oxygens (including phenoxy) is 1. The zero-order chi connectivity index (χ0) is 48.2. The van der Waals surface area contributed by atoms with Gasteiger partial charge in [-0.25, -0.2) is 4.98 Å². The fraction of sp³-hybridized carbons (Fsp3) is 0.460. The van der Waals surface area contributed by atoms with Crippen LogP contribution >= 0.6 is 11.3 Å². The number of carbonyl (C=O) groups excluding carboxylic acids is 6. The normalized spacial score (nSPS) is 20.3. The molecule has 1 fully saturated rings. The van der Waals surface area contributed by atoms with Crippen molar-refractivity contribution in [3.05, 3.63) is 100 Å². The molecule has 3 aliphatic heterocycles. The summed E-state index contributed by atoms with van der Waals surface area (Å²) in [5.41, 5.74) is 19.1. The van der Waals surface area contributed by atoms with E-state index in [1.54, 1.807) is 29.5 Å². The summed E-state index contributed by atoms with van der Waals surface area (Å²) in [7, 11) is 0. The molecular weight excluding hydrogens is 873 g/mol. The molecule has 7 atom stereocenters. The Balaban J connectivity index is 0.941. The van der Waals surface area contributed by atoms with Crippen molar-refractivity contribution in [3.8, 4) is 16.2 Å². The second-order valence-electron chi connectivity index (χ2n) is 19.0. The molecule has 3 aromatic carbocycles. The summed E-state index contributed by atoms with van der Waals surface area (Å²) in [6.07, 6.45) is 1.16. The Hall–Kier alpha value is -6.17. The topological polar surface area (TPSA) is 239 Å². The smallest absolute Gasteiger partial charge is 0.246 e. The number of benzene rings is 3. The number of carbonyl (C=O) groups is 6. The van der Waals surface area contributed by atoms with Gasteiger partial charge in [0.05, 0.1) is 46.0 Å². The lowest BCUT2D eigenvalue weighted by Crippen LogP contribution is -2.57. The number of rotatable bonds is 17. The quantitative estimate of drug-likeness (QED) is 0.0896. The highest BCUT2D eigenvalue weighted by atomic mass is 32.1. The van der Waals surface area contributed by atoms with Gasteiger partial charge in [0.2, 0.25) is 35.4 Å². The molecule has 4 aromatic rings. The Kier molecular flexibility index (Phi) is 15.1. The number of nitrogens with one attached hydrogen (secondary N) is 3. The second kappa shape index (κ2) is 20.8. The van der Waals surface area contributed by atoms with Crippen molar-refractivity contribution in [2.24, 2.45) is 16.9 Å². The summed E-state index contributed by atoms with van der Waals surface area (Å²) in [6, 6.07) is 16.4. The summed E-state index contributed by atoms with van der Waals surface area (Å²) < 4.78 is 6.15. The highest BCUT2D eigenvalue weighted by Gasteiger charge is 2.45. The maximum atomic E-state index is 14.3. The molecule has 0 unspecified atom stereocenters. The van der Waals surface area contributed by atoms with Crippen LogP contribution in [0.5, 0.6) is 5.75 Å². The lowest BCUT2D eigenvalue weighted by Gasteiger charge is -2.35. The minimum atomic E-state index is -0.988. The predicted octanol–water partition coefficient (Wildman–Crippen LogP) is 3.78. The van der Waals surface area contributed by atoms with Crippen molar-refractivity contribution in [1.82, 2.24) is 25.8 Å². The number of anilines is 1. The van der Waals surface area contributed by atoms with Gasteiger partial charge >= 0.3 is 0 Å². The minimum absolute atomic E-state index is 0.000449. The molecule has 17 heteroatoms. The predicted molar refractivity (Wildman–Crippen MR) is 255 cm³/mol. The number of aryl methyl sites for hydroxylation is 3. The van der Waals surface area contributed by atoms with Crippen molar-refractivity contribution >= 4 is 52.5 Å². The van der Waals surface area contributed by atoms with E-state index in [2.05, 4.69) is 20.9 Å². The molecule has 16 nitrogen and oxygen atoms in total. The molecule has 6 amide bonds. The summed E-state index contributed by atoms with van der Waals surface area (Å²) in [6.45, 7) is 9.30. The third kappa shape index (κ3) is 11.5. The number of likely N-dealkylation sites (tertiary alicyclic amines) is 1. The van der Waals surface area contributed by atoms with Gasteiger partial charge in [-0.2, -0.15) is 0 Å². The van der Waals surface area contributed by atoms with Gasteiger partial charge in [0, 0.05) is 32.2 Å². The summed E-state index contributed by atoms with van der Waals surface area (Å²) in [4.78, 5) is 89.0. The minimum Gasteiger partial charge on any atom is -0.491 e. The largest absolute Gasteiger partial charge is 0.491 e. The van der Waals surface area contributed by atoms with Gasteiger partial charge in [0.25, 0.3) is 0 Å². The van der Waals surface area contributed by atoms with Gasteiger partial charge in [0.1, 0.15) is 30.5 Å². The van der Waals surface area contributed by atoms with E-state index in [1.807, 2.05) is 88.7 Å². The van der Waals surface area contributed by atoms with E-state index in [-0.39, 0.29) is 68.5 Å². The number of hydrogen-bond donors (Lipinski definition) is 6. The first kappa shape index (κ1) is 48.8. The first-order valence-electron chi connectivity index (χ1n) is 23.0. The molecule has 67 heavy (non-hydrogen) atoms. The number of nitrogens with two attached hydrogens (primary N) is 2. The number of thiazole rings is 1. The highest BCUT2D eigenvalue weighted by Crippen LogP contribution is 2.39. The van der Waals surface area contributed by atoms with Gasteiger partial charge < -0.3 is 42.2 Å². The molecule has 1 saturated heterocycles. The van der Waals surface area contributed by atoms with E-state index in [9.17, 15) is 33.9 Å². The Morgan fingerprint density at radius 3 is 2.37 bits per heavy atom. The molecule has 0 aliphatic carbocycles. The van der Waals surface area contributed by atoms with E-state index in [1.165, 1.54) is 9.80 Å². The van der Waals surface area contributed by atoms with Crippen molar-refractivity contribution < 1.29 is 38.6 Å². The molecule has 0 saturated carbocycles. The maximum absolute atomic E-state index is 14.3. The Morgan fingerprint density at radius 2 is 1.67 bits per heavy atom. The van der Waals surface area contributed by atoms with Gasteiger partial charge in [-0.05, 0) is 84.9 Å². The summed E-state index contributed by atoms with van der Waals surface area (Å²) >= 11 is 1.56. The van der Waals surface area contributed by atoms with E-state index in [0.717, 1.165) is 44.1 Å². The van der Waals surface area contributed by atoms with Crippen LogP contribution in [0.4, 0.5) is 5.69 Å². The van der Waals surface area contributed by atoms with Crippen LogP contribution in [0.15, 0.2) is 72.2 Å². The molecular formula is C50H62N8O8S.